The molecule has 3 aliphatic rings. The summed E-state index contributed by atoms with van der Waals surface area (Å²) in [6.07, 6.45) is -10.2. The number of carbonyl (C=O) groups is 2. The van der Waals surface area contributed by atoms with E-state index in [0.29, 0.717) is 0 Å². The number of rotatable bonds is 13. The van der Waals surface area contributed by atoms with Gasteiger partial charge in [0.05, 0.1) is 12.7 Å². The highest BCUT2D eigenvalue weighted by atomic mass is 31.3. The fraction of sp³-hybridized carbons (Fsp3) is 0.727. The lowest BCUT2D eigenvalue weighted by Gasteiger charge is -2.41. The minimum atomic E-state index is -4.82. The number of carbonyl (C=O) groups excluding carboxylic acids is 2. The van der Waals surface area contributed by atoms with Gasteiger partial charge in [-0.25, -0.2) is 8.88 Å². The molecule has 2 fully saturated rings. The number of aliphatic hydroxyl groups is 5. The summed E-state index contributed by atoms with van der Waals surface area (Å²) in [6.45, 7) is 5.66. The average molecular weight is 645 g/mol. The predicted molar refractivity (Wildman–Crippen MR) is 140 cm³/mol. The number of nitrogens with zero attached hydrogens (tertiary/aromatic N) is 1. The summed E-state index contributed by atoms with van der Waals surface area (Å²) in [5, 5.41) is 56.4. The molecule has 11 atom stereocenters. The van der Waals surface area contributed by atoms with Gasteiger partial charge in [0.25, 0.3) is 5.91 Å². The maximum atomic E-state index is 13.3. The van der Waals surface area contributed by atoms with Gasteiger partial charge >= 0.3 is 15.4 Å². The largest absolute Gasteiger partial charge is 0.481 e. The van der Waals surface area contributed by atoms with Gasteiger partial charge in [-0.3, -0.25) is 27.7 Å². The van der Waals surface area contributed by atoms with Crippen LogP contribution in [-0.2, 0) is 46.1 Å². The number of phosphoric ester groups is 1. The van der Waals surface area contributed by atoms with E-state index >= 15 is 0 Å². The highest BCUT2D eigenvalue weighted by molar-refractivity contribution is 7.64. The van der Waals surface area contributed by atoms with Crippen LogP contribution in [0, 0.1) is 5.92 Å². The van der Waals surface area contributed by atoms with Crippen molar-refractivity contribution in [2.24, 2.45) is 5.92 Å². The molecule has 2 saturated heterocycles. The summed E-state index contributed by atoms with van der Waals surface area (Å²) in [6, 6.07) is 0. The van der Waals surface area contributed by atoms with Crippen LogP contribution in [-0.4, -0.2) is 118 Å². The van der Waals surface area contributed by atoms with Crippen molar-refractivity contribution < 1.29 is 71.6 Å². The number of nitrogens with one attached hydrogen (secondary N) is 2. The minimum Gasteiger partial charge on any atom is -0.390 e. The van der Waals surface area contributed by atoms with Gasteiger partial charge in [0.2, 0.25) is 5.91 Å². The topological polar surface area (TPSA) is 252 Å². The third kappa shape index (κ3) is 8.04. The fourth-order valence-corrected chi connectivity index (χ4v) is 7.28. The van der Waals surface area contributed by atoms with E-state index < -0.39 is 89.3 Å². The van der Waals surface area contributed by atoms with Crippen LogP contribution in [0.1, 0.15) is 20.3 Å². The quantitative estimate of drug-likeness (QED) is 0.111. The molecule has 11 unspecified atom stereocenters. The maximum absolute atomic E-state index is 13.3. The summed E-state index contributed by atoms with van der Waals surface area (Å²) in [4.78, 5) is 24.3. The Morgan fingerprint density at radius 3 is 2.40 bits per heavy atom. The third-order valence-corrected chi connectivity index (χ3v) is 10.3. The zero-order valence-corrected chi connectivity index (χ0v) is 24.8. The fourth-order valence-electron chi connectivity index (χ4n) is 4.18. The highest BCUT2D eigenvalue weighted by Crippen LogP contribution is 2.65. The normalized spacial score (nSPS) is 36.3. The molecule has 0 spiro atoms. The molecular formula is C22H37N3O15P2. The van der Waals surface area contributed by atoms with Crippen LogP contribution in [0.5, 0.6) is 0 Å². The Bertz CT molecular complexity index is 1120. The van der Waals surface area contributed by atoms with Gasteiger partial charge in [-0.1, -0.05) is 20.4 Å². The smallest absolute Gasteiger partial charge is 0.390 e. The van der Waals surface area contributed by atoms with Gasteiger partial charge in [-0.2, -0.15) is 0 Å². The summed E-state index contributed by atoms with van der Waals surface area (Å²) in [5.41, 5.74) is 0. The first-order valence-electron chi connectivity index (χ1n) is 12.8. The lowest BCUT2D eigenvalue weighted by atomic mass is 9.92. The van der Waals surface area contributed by atoms with Gasteiger partial charge in [0.15, 0.2) is 12.5 Å². The Labute approximate surface area is 241 Å². The van der Waals surface area contributed by atoms with Gasteiger partial charge < -0.3 is 50.5 Å². The highest BCUT2D eigenvalue weighted by Gasteiger charge is 2.50. The predicted octanol–water partition coefficient (Wildman–Crippen LogP) is -1.59. The molecule has 0 aromatic rings. The Morgan fingerprint density at radius 1 is 1.14 bits per heavy atom. The molecule has 0 saturated carbocycles. The molecule has 0 aromatic heterocycles. The second kappa shape index (κ2) is 14.3. The zero-order chi connectivity index (χ0) is 31.4. The number of phosphoric acid groups is 1. The monoisotopic (exact) mass is 645 g/mol. The van der Waals surface area contributed by atoms with Crippen LogP contribution in [0.3, 0.4) is 0 Å². The number of amides is 2. The summed E-state index contributed by atoms with van der Waals surface area (Å²) >= 11 is 0. The van der Waals surface area contributed by atoms with Crippen LogP contribution >= 0.6 is 15.4 Å². The Kier molecular flexibility index (Phi) is 11.9. The summed E-state index contributed by atoms with van der Waals surface area (Å²) < 4.78 is 57.9. The average Bonchev–Trinajstić information content (AvgIpc) is 3.24. The lowest BCUT2D eigenvalue weighted by molar-refractivity contribution is -0.250. The molecule has 0 bridgehead atoms. The first-order valence-corrected chi connectivity index (χ1v) is 16.0. The van der Waals surface area contributed by atoms with Crippen LogP contribution in [0.4, 0.5) is 0 Å². The van der Waals surface area contributed by atoms with E-state index in [1.165, 1.54) is 18.0 Å². The van der Waals surface area contributed by atoms with Gasteiger partial charge in [-0.15, -0.1) is 0 Å². The number of aliphatic hydroxyl groups excluding tert-OH is 5. The second-order valence-corrected chi connectivity index (χ2v) is 13.5. The molecule has 0 radical (unpaired) electrons. The third-order valence-electron chi connectivity index (χ3n) is 6.69. The molecule has 42 heavy (non-hydrogen) atoms. The van der Waals surface area contributed by atoms with Crippen LogP contribution in [0.2, 0.25) is 0 Å². The van der Waals surface area contributed by atoms with Crippen LogP contribution in [0.15, 0.2) is 24.7 Å². The van der Waals surface area contributed by atoms with E-state index in [0.717, 1.165) is 13.2 Å². The van der Waals surface area contributed by atoms with Gasteiger partial charge in [-0.05, 0) is 0 Å². The first kappa shape index (κ1) is 34.7. The van der Waals surface area contributed by atoms with Crippen molar-refractivity contribution >= 4 is 27.2 Å². The van der Waals surface area contributed by atoms with Crippen molar-refractivity contribution in [3.8, 4) is 0 Å². The molecule has 7 N–H and O–H groups in total. The van der Waals surface area contributed by atoms with Crippen molar-refractivity contribution in [3.63, 3.8) is 0 Å². The van der Waals surface area contributed by atoms with E-state index in [9.17, 15) is 44.3 Å². The molecule has 0 aliphatic carbocycles. The van der Waals surface area contributed by atoms with Crippen molar-refractivity contribution in [2.75, 3.05) is 26.6 Å². The molecule has 3 heterocycles. The Morgan fingerprint density at radius 2 is 1.81 bits per heavy atom. The molecule has 3 rings (SSSR count). The summed E-state index contributed by atoms with van der Waals surface area (Å²) in [7, 11) is -8.72. The van der Waals surface area contributed by atoms with E-state index in [4.69, 9.17) is 27.4 Å². The Hall–Kier alpha value is -1.76. The van der Waals surface area contributed by atoms with Crippen LogP contribution < -0.4 is 10.6 Å². The van der Waals surface area contributed by atoms with Crippen molar-refractivity contribution in [1.82, 2.24) is 15.5 Å². The molecular weight excluding hydrogens is 608 g/mol. The number of hydrogen-bond donors (Lipinski definition) is 7. The van der Waals surface area contributed by atoms with E-state index in [-0.39, 0.29) is 24.7 Å². The first-order chi connectivity index (χ1) is 19.7. The summed E-state index contributed by atoms with van der Waals surface area (Å²) in [5.74, 6) is -1.80. The molecule has 3 aliphatic heterocycles. The molecule has 20 heteroatoms. The van der Waals surface area contributed by atoms with Gasteiger partial charge in [0, 0.05) is 38.3 Å². The Balaban J connectivity index is 1.66. The van der Waals surface area contributed by atoms with Crippen molar-refractivity contribution in [2.45, 2.75) is 69.4 Å². The van der Waals surface area contributed by atoms with E-state index in [1.807, 2.05) is 0 Å². The molecule has 240 valence electrons. The van der Waals surface area contributed by atoms with Gasteiger partial charge in [0.1, 0.15) is 42.7 Å². The second-order valence-electron chi connectivity index (χ2n) is 9.61. The van der Waals surface area contributed by atoms with E-state index in [1.54, 1.807) is 6.92 Å². The standard InChI is InChI=1S/C22H37N3O15P2/c1-5-15(27)23-8-13-18(30)17(29)11(2)22(38-13)39-41(33,10-26)40-42(34,35-4)36-9-14-19(31)20(32)21(37-14)25-7-6-16(28)24-12(25)3/h6-7,11,13-14,17-22,26,29-32H,3,5,8-10H2,1-2,4H3,(H,23,27)(H,24,28). The zero-order valence-electron chi connectivity index (χ0n) is 23.0. The molecule has 18 nitrogen and oxygen atoms in total. The van der Waals surface area contributed by atoms with Crippen molar-refractivity contribution in [1.29, 1.82) is 0 Å². The number of hydrogen-bond acceptors (Lipinski definition) is 16. The maximum Gasteiger partial charge on any atom is 0.481 e. The van der Waals surface area contributed by atoms with Crippen LogP contribution in [0.25, 0.3) is 0 Å². The lowest BCUT2D eigenvalue weighted by Crippen LogP contribution is -2.57. The SMILES string of the molecule is C=C1NC(=O)C=CN1C1OC(COP(=O)(OC)OP(=O)(CO)OC2OC(CNC(=O)CC)C(O)C(O)C2C)C(O)C1O. The minimum absolute atomic E-state index is 0.0547. The van der Waals surface area contributed by atoms with E-state index in [2.05, 4.69) is 17.2 Å². The van der Waals surface area contributed by atoms with Crippen molar-refractivity contribution in [3.05, 3.63) is 24.7 Å². The molecule has 0 aromatic carbocycles. The number of ether oxygens (including phenoxy) is 2. The molecule has 2 amide bonds.